The number of hydrogen-bond donors (Lipinski definition) is 1. The summed E-state index contributed by atoms with van der Waals surface area (Å²) in [5.74, 6) is 0.0220. The lowest BCUT2D eigenvalue weighted by atomic mass is 10.1. The highest BCUT2D eigenvalue weighted by Crippen LogP contribution is 2.28. The molecule has 6 heteroatoms. The number of nitrogens with zero attached hydrogens (tertiary/aromatic N) is 1. The maximum atomic E-state index is 12.0. The SMILES string of the molecule is CC(=NNC(=O)C(C)Oc1ccc(Cl)cc1Cl)c1ccccc1. The van der Waals surface area contributed by atoms with Crippen LogP contribution in [0, 0.1) is 0 Å². The molecule has 0 aliphatic rings. The summed E-state index contributed by atoms with van der Waals surface area (Å²) < 4.78 is 5.53. The molecule has 1 unspecified atom stereocenters. The number of carbonyl (C=O) groups is 1. The van der Waals surface area contributed by atoms with E-state index in [0.717, 1.165) is 5.56 Å². The van der Waals surface area contributed by atoms with Crippen molar-refractivity contribution in [3.63, 3.8) is 0 Å². The minimum Gasteiger partial charge on any atom is -0.479 e. The quantitative estimate of drug-likeness (QED) is 0.645. The second-order valence-corrected chi connectivity index (χ2v) is 5.72. The van der Waals surface area contributed by atoms with Gasteiger partial charge in [0.05, 0.1) is 10.7 Å². The topological polar surface area (TPSA) is 50.7 Å². The summed E-state index contributed by atoms with van der Waals surface area (Å²) in [5, 5.41) is 4.93. The van der Waals surface area contributed by atoms with Crippen LogP contribution in [0.25, 0.3) is 0 Å². The average molecular weight is 351 g/mol. The van der Waals surface area contributed by atoms with Crippen molar-refractivity contribution < 1.29 is 9.53 Å². The van der Waals surface area contributed by atoms with Gasteiger partial charge in [0.1, 0.15) is 5.75 Å². The van der Waals surface area contributed by atoms with Crippen LogP contribution in [0.3, 0.4) is 0 Å². The molecule has 2 aromatic carbocycles. The molecule has 0 saturated heterocycles. The van der Waals surface area contributed by atoms with E-state index in [0.29, 0.717) is 21.5 Å². The van der Waals surface area contributed by atoms with Crippen LogP contribution in [0.4, 0.5) is 0 Å². The van der Waals surface area contributed by atoms with E-state index in [1.807, 2.05) is 37.3 Å². The van der Waals surface area contributed by atoms with Gasteiger partial charge in [-0.25, -0.2) is 5.43 Å². The Kier molecular flexibility index (Phi) is 6.02. The van der Waals surface area contributed by atoms with Crippen molar-refractivity contribution in [3.05, 3.63) is 64.1 Å². The smallest absolute Gasteiger partial charge is 0.280 e. The number of rotatable bonds is 5. The van der Waals surface area contributed by atoms with Crippen LogP contribution in [-0.2, 0) is 4.79 Å². The van der Waals surface area contributed by atoms with E-state index in [9.17, 15) is 4.79 Å². The van der Waals surface area contributed by atoms with Crippen molar-refractivity contribution in [2.24, 2.45) is 5.10 Å². The zero-order chi connectivity index (χ0) is 16.8. The summed E-state index contributed by atoms with van der Waals surface area (Å²) in [6, 6.07) is 14.4. The Balaban J connectivity index is 1.97. The number of nitrogens with one attached hydrogen (secondary N) is 1. The first kappa shape index (κ1) is 17.3. The number of halogens is 2. The van der Waals surface area contributed by atoms with Crippen LogP contribution in [0.5, 0.6) is 5.75 Å². The van der Waals surface area contributed by atoms with Crippen molar-refractivity contribution in [3.8, 4) is 5.75 Å². The standard InChI is InChI=1S/C17H16Cl2N2O2/c1-11(13-6-4-3-5-7-13)20-21-17(22)12(2)23-16-9-8-14(18)10-15(16)19/h3-10,12H,1-2H3,(H,21,22). The Morgan fingerprint density at radius 2 is 1.87 bits per heavy atom. The lowest BCUT2D eigenvalue weighted by Crippen LogP contribution is -2.34. The molecule has 2 aromatic rings. The molecule has 0 aliphatic carbocycles. The number of hydrazone groups is 1. The highest BCUT2D eigenvalue weighted by Gasteiger charge is 2.16. The Labute approximate surface area is 145 Å². The Morgan fingerprint density at radius 3 is 2.52 bits per heavy atom. The van der Waals surface area contributed by atoms with Crippen LogP contribution >= 0.6 is 23.2 Å². The first-order chi connectivity index (χ1) is 11.0. The molecule has 0 radical (unpaired) electrons. The maximum Gasteiger partial charge on any atom is 0.280 e. The van der Waals surface area contributed by atoms with Crippen LogP contribution < -0.4 is 10.2 Å². The minimum atomic E-state index is -0.749. The van der Waals surface area contributed by atoms with E-state index >= 15 is 0 Å². The predicted octanol–water partition coefficient (Wildman–Crippen LogP) is 4.30. The molecule has 1 N–H and O–H groups in total. The normalized spacial score (nSPS) is 12.6. The summed E-state index contributed by atoms with van der Waals surface area (Å²) in [7, 11) is 0. The molecule has 0 saturated carbocycles. The fraction of sp³-hybridized carbons (Fsp3) is 0.176. The zero-order valence-electron chi connectivity index (χ0n) is 12.7. The van der Waals surface area contributed by atoms with E-state index in [2.05, 4.69) is 10.5 Å². The van der Waals surface area contributed by atoms with Crippen molar-refractivity contribution >= 4 is 34.8 Å². The largest absolute Gasteiger partial charge is 0.479 e. The van der Waals surface area contributed by atoms with Crippen molar-refractivity contribution in [2.45, 2.75) is 20.0 Å². The third-order valence-corrected chi connectivity index (χ3v) is 3.62. The van der Waals surface area contributed by atoms with Crippen LogP contribution in [-0.4, -0.2) is 17.7 Å². The highest BCUT2D eigenvalue weighted by molar-refractivity contribution is 6.35. The molecular weight excluding hydrogens is 335 g/mol. The van der Waals surface area contributed by atoms with Crippen LogP contribution in [0.15, 0.2) is 53.6 Å². The molecule has 4 nitrogen and oxygen atoms in total. The van der Waals surface area contributed by atoms with Gasteiger partial charge in [-0.3, -0.25) is 4.79 Å². The zero-order valence-corrected chi connectivity index (χ0v) is 14.2. The lowest BCUT2D eigenvalue weighted by Gasteiger charge is -2.14. The number of hydrogen-bond acceptors (Lipinski definition) is 3. The average Bonchev–Trinajstić information content (AvgIpc) is 2.55. The summed E-state index contributed by atoms with van der Waals surface area (Å²) >= 11 is 11.8. The maximum absolute atomic E-state index is 12.0. The molecule has 2 rings (SSSR count). The van der Waals surface area contributed by atoms with Gasteiger partial charge in [-0.15, -0.1) is 0 Å². The van der Waals surface area contributed by atoms with Crippen molar-refractivity contribution in [2.75, 3.05) is 0 Å². The van der Waals surface area contributed by atoms with Gasteiger partial charge in [0, 0.05) is 5.02 Å². The van der Waals surface area contributed by atoms with E-state index in [1.54, 1.807) is 25.1 Å². The van der Waals surface area contributed by atoms with Gasteiger partial charge in [0.25, 0.3) is 5.91 Å². The van der Waals surface area contributed by atoms with Crippen LogP contribution in [0.2, 0.25) is 10.0 Å². The number of ether oxygens (including phenoxy) is 1. The second kappa shape index (κ2) is 7.99. The molecule has 0 fully saturated rings. The van der Waals surface area contributed by atoms with Crippen LogP contribution in [0.1, 0.15) is 19.4 Å². The third-order valence-electron chi connectivity index (χ3n) is 3.09. The highest BCUT2D eigenvalue weighted by atomic mass is 35.5. The summed E-state index contributed by atoms with van der Waals surface area (Å²) in [6.45, 7) is 3.44. The fourth-order valence-electron chi connectivity index (χ4n) is 1.79. The van der Waals surface area contributed by atoms with E-state index in [-0.39, 0.29) is 5.91 Å². The van der Waals surface area contributed by atoms with Gasteiger partial charge >= 0.3 is 0 Å². The Bertz CT molecular complexity index is 718. The monoisotopic (exact) mass is 350 g/mol. The van der Waals surface area contributed by atoms with Gasteiger partial charge < -0.3 is 4.74 Å². The van der Waals surface area contributed by atoms with E-state index in [1.165, 1.54) is 0 Å². The molecule has 0 aliphatic heterocycles. The van der Waals surface area contributed by atoms with E-state index in [4.69, 9.17) is 27.9 Å². The number of amides is 1. The second-order valence-electron chi connectivity index (χ2n) is 4.87. The molecule has 0 spiro atoms. The van der Waals surface area contributed by atoms with Crippen molar-refractivity contribution in [1.82, 2.24) is 5.43 Å². The van der Waals surface area contributed by atoms with Gasteiger partial charge in [-0.1, -0.05) is 53.5 Å². The first-order valence-corrected chi connectivity index (χ1v) is 7.74. The number of carbonyl (C=O) groups excluding carboxylic acids is 1. The summed E-state index contributed by atoms with van der Waals surface area (Å²) in [6.07, 6.45) is -0.749. The Morgan fingerprint density at radius 1 is 1.17 bits per heavy atom. The Hall–Kier alpha value is -2.04. The molecule has 0 heterocycles. The molecule has 120 valence electrons. The summed E-state index contributed by atoms with van der Waals surface area (Å²) in [4.78, 5) is 12.0. The summed E-state index contributed by atoms with van der Waals surface area (Å²) in [5.41, 5.74) is 4.12. The predicted molar refractivity (Wildman–Crippen MR) is 93.3 cm³/mol. The minimum absolute atomic E-state index is 0.348. The van der Waals surface area contributed by atoms with E-state index < -0.39 is 6.10 Å². The molecule has 1 amide bonds. The molecule has 23 heavy (non-hydrogen) atoms. The van der Waals surface area contributed by atoms with Gasteiger partial charge in [-0.2, -0.15) is 5.10 Å². The van der Waals surface area contributed by atoms with Gasteiger partial charge in [-0.05, 0) is 37.6 Å². The third kappa shape index (κ3) is 4.98. The van der Waals surface area contributed by atoms with Crippen molar-refractivity contribution in [1.29, 1.82) is 0 Å². The molecule has 0 bridgehead atoms. The molecule has 1 atom stereocenters. The first-order valence-electron chi connectivity index (χ1n) is 6.98. The molecule has 0 aromatic heterocycles. The van der Waals surface area contributed by atoms with Gasteiger partial charge in [0.15, 0.2) is 6.10 Å². The number of benzene rings is 2. The molecular formula is C17H16Cl2N2O2. The lowest BCUT2D eigenvalue weighted by molar-refractivity contribution is -0.127. The van der Waals surface area contributed by atoms with Gasteiger partial charge in [0.2, 0.25) is 0 Å². The fourth-order valence-corrected chi connectivity index (χ4v) is 2.24.